The number of para-hydroxylation sites is 1. The number of amides is 2. The van der Waals surface area contributed by atoms with Gasteiger partial charge >= 0.3 is 5.97 Å². The summed E-state index contributed by atoms with van der Waals surface area (Å²) in [7, 11) is 1.53. The first-order valence-electron chi connectivity index (χ1n) is 9.72. The van der Waals surface area contributed by atoms with Crippen LogP contribution in [0.25, 0.3) is 0 Å². The van der Waals surface area contributed by atoms with Crippen molar-refractivity contribution in [2.75, 3.05) is 25.2 Å². The van der Waals surface area contributed by atoms with Gasteiger partial charge in [0.05, 0.1) is 25.0 Å². The molecule has 1 aromatic rings. The number of carbonyl (C=O) groups is 4. The standard InChI is InChI=1S/C21H24N2O6/c1-12-6-4-5-7-15(12)23-18-20(27)22(8-9-28-3)16(10-13(2)24)21(18)14(19(23)26)11-17(25)29-21/h4-7,14,16,18H,8-11H2,1-3H3/t14-,16-,18-,21-/m0/s1. The fourth-order valence-corrected chi connectivity index (χ4v) is 5.09. The van der Waals surface area contributed by atoms with E-state index in [0.29, 0.717) is 5.69 Å². The number of nitrogens with zero attached hydrogens (tertiary/aromatic N) is 2. The predicted molar refractivity (Wildman–Crippen MR) is 102 cm³/mol. The van der Waals surface area contributed by atoms with Crippen molar-refractivity contribution in [3.05, 3.63) is 29.8 Å². The number of Topliss-reactive ketones (excluding diaryl/α,β-unsaturated/α-hetero) is 1. The molecule has 0 unspecified atom stereocenters. The van der Waals surface area contributed by atoms with E-state index in [0.717, 1.165) is 5.56 Å². The Morgan fingerprint density at radius 2 is 1.97 bits per heavy atom. The van der Waals surface area contributed by atoms with Crippen LogP contribution in [0.1, 0.15) is 25.3 Å². The number of hydrogen-bond acceptors (Lipinski definition) is 6. The molecular weight excluding hydrogens is 376 g/mol. The van der Waals surface area contributed by atoms with Gasteiger partial charge in [0.15, 0.2) is 11.6 Å². The van der Waals surface area contributed by atoms with Crippen LogP contribution >= 0.6 is 0 Å². The summed E-state index contributed by atoms with van der Waals surface area (Å²) in [4.78, 5) is 54.3. The summed E-state index contributed by atoms with van der Waals surface area (Å²) in [6.45, 7) is 3.83. The van der Waals surface area contributed by atoms with Crippen LogP contribution in [0.5, 0.6) is 0 Å². The highest BCUT2D eigenvalue weighted by atomic mass is 16.6. The molecule has 3 aliphatic rings. The van der Waals surface area contributed by atoms with E-state index < -0.39 is 29.6 Å². The Hall–Kier alpha value is -2.74. The number of hydrogen-bond donors (Lipinski definition) is 0. The van der Waals surface area contributed by atoms with E-state index in [-0.39, 0.29) is 43.6 Å². The Kier molecular flexibility index (Phi) is 4.69. The third-order valence-corrected chi connectivity index (χ3v) is 6.23. The molecule has 0 N–H and O–H groups in total. The molecule has 1 aromatic carbocycles. The van der Waals surface area contributed by atoms with Crippen LogP contribution in [0.15, 0.2) is 24.3 Å². The summed E-state index contributed by atoms with van der Waals surface area (Å²) in [6, 6.07) is 5.64. The first kappa shape index (κ1) is 19.6. The molecule has 29 heavy (non-hydrogen) atoms. The van der Waals surface area contributed by atoms with Crippen molar-refractivity contribution < 1.29 is 28.7 Å². The van der Waals surface area contributed by atoms with Gasteiger partial charge in [-0.2, -0.15) is 0 Å². The van der Waals surface area contributed by atoms with Gasteiger partial charge in [-0.05, 0) is 25.5 Å². The van der Waals surface area contributed by atoms with Crippen molar-refractivity contribution in [1.82, 2.24) is 4.90 Å². The highest BCUT2D eigenvalue weighted by molar-refractivity contribution is 6.12. The Labute approximate surface area is 168 Å². The van der Waals surface area contributed by atoms with Crippen LogP contribution in [-0.2, 0) is 28.7 Å². The number of esters is 1. The third kappa shape index (κ3) is 2.69. The van der Waals surface area contributed by atoms with Crippen LogP contribution in [-0.4, -0.2) is 66.4 Å². The lowest BCUT2D eigenvalue weighted by atomic mass is 9.80. The van der Waals surface area contributed by atoms with Gasteiger partial charge in [-0.15, -0.1) is 0 Å². The molecule has 3 heterocycles. The lowest BCUT2D eigenvalue weighted by Gasteiger charge is -2.34. The summed E-state index contributed by atoms with van der Waals surface area (Å²) >= 11 is 0. The van der Waals surface area contributed by atoms with Crippen molar-refractivity contribution >= 4 is 29.3 Å². The first-order chi connectivity index (χ1) is 13.8. The highest BCUT2D eigenvalue weighted by Gasteiger charge is 2.77. The van der Waals surface area contributed by atoms with E-state index in [9.17, 15) is 19.2 Å². The van der Waals surface area contributed by atoms with Crippen LogP contribution in [0.2, 0.25) is 0 Å². The molecule has 0 aliphatic carbocycles. The molecule has 8 heteroatoms. The van der Waals surface area contributed by atoms with Gasteiger partial charge in [0.25, 0.3) is 5.91 Å². The monoisotopic (exact) mass is 400 g/mol. The molecule has 0 radical (unpaired) electrons. The summed E-state index contributed by atoms with van der Waals surface area (Å²) in [6.07, 6.45) is -0.0673. The molecule has 154 valence electrons. The van der Waals surface area contributed by atoms with Gasteiger partial charge < -0.3 is 14.4 Å². The number of likely N-dealkylation sites (tertiary alicyclic amines) is 1. The number of rotatable bonds is 6. The number of ketones is 1. The van der Waals surface area contributed by atoms with Gasteiger partial charge in [-0.25, -0.2) is 0 Å². The van der Waals surface area contributed by atoms with Crippen LogP contribution in [0, 0.1) is 12.8 Å². The number of ether oxygens (including phenoxy) is 2. The maximum Gasteiger partial charge on any atom is 0.307 e. The van der Waals surface area contributed by atoms with Crippen LogP contribution in [0.4, 0.5) is 5.69 Å². The molecule has 3 fully saturated rings. The normalized spacial score (nSPS) is 30.6. The van der Waals surface area contributed by atoms with E-state index in [4.69, 9.17) is 9.47 Å². The average Bonchev–Trinajstić information content (AvgIpc) is 3.20. The average molecular weight is 400 g/mol. The van der Waals surface area contributed by atoms with Crippen molar-refractivity contribution in [2.45, 2.75) is 44.4 Å². The van der Waals surface area contributed by atoms with Crippen molar-refractivity contribution in [3.63, 3.8) is 0 Å². The smallest absolute Gasteiger partial charge is 0.307 e. The third-order valence-electron chi connectivity index (χ3n) is 6.23. The summed E-state index contributed by atoms with van der Waals surface area (Å²) in [5.41, 5.74) is 0.108. The lowest BCUT2D eigenvalue weighted by molar-refractivity contribution is -0.152. The summed E-state index contributed by atoms with van der Waals surface area (Å²) in [5.74, 6) is -2.05. The van der Waals surface area contributed by atoms with Crippen LogP contribution in [0.3, 0.4) is 0 Å². The molecule has 3 aliphatic heterocycles. The van der Waals surface area contributed by atoms with Gasteiger partial charge in [0, 0.05) is 25.8 Å². The second-order valence-electron chi connectivity index (χ2n) is 7.93. The summed E-state index contributed by atoms with van der Waals surface area (Å²) in [5, 5.41) is 0. The predicted octanol–water partition coefficient (Wildman–Crippen LogP) is 0.848. The van der Waals surface area contributed by atoms with E-state index in [1.165, 1.54) is 18.9 Å². The van der Waals surface area contributed by atoms with Gasteiger partial charge in [-0.3, -0.25) is 24.1 Å². The lowest BCUT2D eigenvalue weighted by Crippen LogP contribution is -2.53. The zero-order valence-electron chi connectivity index (χ0n) is 16.7. The molecule has 0 saturated carbocycles. The molecule has 0 bridgehead atoms. The number of benzene rings is 1. The number of carbonyl (C=O) groups excluding carboxylic acids is 4. The Morgan fingerprint density at radius 1 is 1.24 bits per heavy atom. The van der Waals surface area contributed by atoms with Crippen LogP contribution < -0.4 is 4.90 Å². The number of aryl methyl sites for hydroxylation is 1. The maximum atomic E-state index is 13.5. The molecule has 4 rings (SSSR count). The maximum absolute atomic E-state index is 13.5. The van der Waals surface area contributed by atoms with Gasteiger partial charge in [0.1, 0.15) is 5.78 Å². The topological polar surface area (TPSA) is 93.2 Å². The molecule has 4 atom stereocenters. The molecular formula is C21H24N2O6. The van der Waals surface area contributed by atoms with Gasteiger partial charge in [0.2, 0.25) is 5.91 Å². The van der Waals surface area contributed by atoms with E-state index in [1.54, 1.807) is 17.0 Å². The second kappa shape index (κ2) is 6.95. The Bertz CT molecular complexity index is 899. The number of anilines is 1. The molecule has 2 amide bonds. The van der Waals surface area contributed by atoms with Crippen molar-refractivity contribution in [3.8, 4) is 0 Å². The minimum Gasteiger partial charge on any atom is -0.453 e. The zero-order valence-corrected chi connectivity index (χ0v) is 16.7. The molecule has 1 spiro atoms. The van der Waals surface area contributed by atoms with Gasteiger partial charge in [-0.1, -0.05) is 18.2 Å². The fourth-order valence-electron chi connectivity index (χ4n) is 5.09. The highest BCUT2D eigenvalue weighted by Crippen LogP contribution is 2.54. The zero-order chi connectivity index (χ0) is 20.9. The first-order valence-corrected chi connectivity index (χ1v) is 9.72. The fraction of sp³-hybridized carbons (Fsp3) is 0.524. The minimum atomic E-state index is -1.35. The van der Waals surface area contributed by atoms with E-state index >= 15 is 0 Å². The van der Waals surface area contributed by atoms with Crippen molar-refractivity contribution in [2.24, 2.45) is 5.92 Å². The second-order valence-corrected chi connectivity index (χ2v) is 7.93. The Morgan fingerprint density at radius 3 is 2.62 bits per heavy atom. The molecule has 3 saturated heterocycles. The van der Waals surface area contributed by atoms with E-state index in [2.05, 4.69) is 0 Å². The van der Waals surface area contributed by atoms with E-state index in [1.807, 2.05) is 19.1 Å². The number of methoxy groups -OCH3 is 1. The largest absolute Gasteiger partial charge is 0.453 e. The summed E-state index contributed by atoms with van der Waals surface area (Å²) < 4.78 is 10.9. The SMILES string of the molecule is COCCN1C(=O)[C@@H]2N(c3ccccc3C)C(=O)[C@@H]3CC(=O)O[C@@]23[C@@H]1CC(C)=O. The van der Waals surface area contributed by atoms with Crippen molar-refractivity contribution in [1.29, 1.82) is 0 Å². The molecule has 0 aromatic heterocycles. The minimum absolute atomic E-state index is 0.0185. The molecule has 8 nitrogen and oxygen atoms in total. The Balaban J connectivity index is 1.87. The quantitative estimate of drug-likeness (QED) is 0.658.